The zero-order chi connectivity index (χ0) is 12.5. The van der Waals surface area contributed by atoms with Crippen molar-refractivity contribution in [2.24, 2.45) is 0 Å². The molecule has 0 aromatic heterocycles. The summed E-state index contributed by atoms with van der Waals surface area (Å²) >= 11 is 0. The molecule has 0 heterocycles. The number of unbranched alkanes of at least 4 members (excludes halogenated alkanes) is 2. The second-order valence-electron chi connectivity index (χ2n) is 5.33. The van der Waals surface area contributed by atoms with Crippen LogP contribution in [-0.4, -0.2) is 48.3 Å². The molecule has 0 aliphatic heterocycles. The predicted octanol–water partition coefficient (Wildman–Crippen LogP) is 2.00. The van der Waals surface area contributed by atoms with E-state index in [4.69, 9.17) is 0 Å². The Kier molecular flexibility index (Phi) is 7.82. The van der Waals surface area contributed by atoms with Crippen LogP contribution in [0.1, 0.15) is 52.4 Å². The summed E-state index contributed by atoms with van der Waals surface area (Å²) in [6.07, 6.45) is 7.63. The summed E-state index contributed by atoms with van der Waals surface area (Å²) in [7, 11) is 0. The summed E-state index contributed by atoms with van der Waals surface area (Å²) in [6, 6.07) is 0.961. The highest BCUT2D eigenvalue weighted by Crippen LogP contribution is 2.19. The fourth-order valence-electron chi connectivity index (χ4n) is 2.12. The first-order valence-electron chi connectivity index (χ1n) is 7.39. The largest absolute Gasteiger partial charge is 0.395 e. The lowest BCUT2D eigenvalue weighted by atomic mass is 10.2. The minimum atomic E-state index is 0.269. The zero-order valence-corrected chi connectivity index (χ0v) is 11.6. The van der Waals surface area contributed by atoms with E-state index in [0.29, 0.717) is 6.04 Å². The molecule has 0 aromatic rings. The van der Waals surface area contributed by atoms with Gasteiger partial charge in [0.05, 0.1) is 6.61 Å². The molecule has 102 valence electrons. The predicted molar refractivity (Wildman–Crippen MR) is 73.3 cm³/mol. The minimum Gasteiger partial charge on any atom is -0.395 e. The summed E-state index contributed by atoms with van der Waals surface area (Å²) in [5.74, 6) is 0. The normalized spacial score (nSPS) is 17.6. The third kappa shape index (κ3) is 7.02. The molecule has 0 radical (unpaired) electrons. The van der Waals surface area contributed by atoms with Crippen molar-refractivity contribution in [1.29, 1.82) is 0 Å². The van der Waals surface area contributed by atoms with Crippen molar-refractivity contribution in [3.05, 3.63) is 0 Å². The maximum absolute atomic E-state index is 9.41. The molecule has 17 heavy (non-hydrogen) atoms. The Morgan fingerprint density at radius 2 is 1.76 bits per heavy atom. The highest BCUT2D eigenvalue weighted by molar-refractivity contribution is 4.85. The average Bonchev–Trinajstić information content (AvgIpc) is 3.15. The number of hydrogen-bond acceptors (Lipinski definition) is 3. The minimum absolute atomic E-state index is 0.269. The van der Waals surface area contributed by atoms with E-state index in [1.165, 1.54) is 51.6 Å². The number of aliphatic hydroxyl groups excluding tert-OH is 1. The molecule has 0 bridgehead atoms. The van der Waals surface area contributed by atoms with Crippen molar-refractivity contribution >= 4 is 0 Å². The number of rotatable bonds is 11. The van der Waals surface area contributed by atoms with Gasteiger partial charge >= 0.3 is 0 Å². The van der Waals surface area contributed by atoms with Crippen LogP contribution in [0.2, 0.25) is 0 Å². The summed E-state index contributed by atoms with van der Waals surface area (Å²) in [4.78, 5) is 2.52. The van der Waals surface area contributed by atoms with E-state index in [2.05, 4.69) is 24.1 Å². The van der Waals surface area contributed by atoms with Gasteiger partial charge in [0.25, 0.3) is 0 Å². The standard InChI is InChI=1S/C14H30N2O/c1-3-5-9-16(10-6-4-2)11-14(12-17)15-13-7-8-13/h13-15,17H,3-12H2,1-2H3. The molecule has 3 heteroatoms. The molecule has 3 nitrogen and oxygen atoms in total. The second-order valence-corrected chi connectivity index (χ2v) is 5.33. The van der Waals surface area contributed by atoms with E-state index in [9.17, 15) is 5.11 Å². The van der Waals surface area contributed by atoms with Crippen molar-refractivity contribution in [2.45, 2.75) is 64.5 Å². The first-order chi connectivity index (χ1) is 8.30. The summed E-state index contributed by atoms with van der Waals surface area (Å²) < 4.78 is 0. The van der Waals surface area contributed by atoms with Crippen molar-refractivity contribution in [3.63, 3.8) is 0 Å². The monoisotopic (exact) mass is 242 g/mol. The van der Waals surface area contributed by atoms with Crippen LogP contribution < -0.4 is 5.32 Å². The average molecular weight is 242 g/mol. The molecule has 1 unspecified atom stereocenters. The molecule has 1 atom stereocenters. The summed E-state index contributed by atoms with van der Waals surface area (Å²) in [5, 5.41) is 12.9. The molecule has 1 rings (SSSR count). The Labute approximate surface area is 107 Å². The van der Waals surface area contributed by atoms with Gasteiger partial charge in [-0.05, 0) is 38.8 Å². The fourth-order valence-corrected chi connectivity index (χ4v) is 2.12. The van der Waals surface area contributed by atoms with Crippen LogP contribution in [0, 0.1) is 0 Å². The maximum atomic E-state index is 9.41. The van der Waals surface area contributed by atoms with E-state index in [-0.39, 0.29) is 12.6 Å². The van der Waals surface area contributed by atoms with Gasteiger partial charge in [-0.3, -0.25) is 0 Å². The van der Waals surface area contributed by atoms with Gasteiger partial charge in [0.1, 0.15) is 0 Å². The van der Waals surface area contributed by atoms with Gasteiger partial charge in [0.15, 0.2) is 0 Å². The molecule has 0 aromatic carbocycles. The molecule has 1 aliphatic carbocycles. The molecule has 1 fully saturated rings. The van der Waals surface area contributed by atoms with Gasteiger partial charge in [-0.15, -0.1) is 0 Å². The van der Waals surface area contributed by atoms with Crippen LogP contribution in [0.15, 0.2) is 0 Å². The van der Waals surface area contributed by atoms with Gasteiger partial charge < -0.3 is 15.3 Å². The van der Waals surface area contributed by atoms with Crippen molar-refractivity contribution in [1.82, 2.24) is 10.2 Å². The number of nitrogens with one attached hydrogen (secondary N) is 1. The summed E-state index contributed by atoms with van der Waals surface area (Å²) in [5.41, 5.74) is 0. The van der Waals surface area contributed by atoms with Crippen LogP contribution in [-0.2, 0) is 0 Å². The summed E-state index contributed by atoms with van der Waals surface area (Å²) in [6.45, 7) is 8.12. The van der Waals surface area contributed by atoms with Crippen LogP contribution in [0.4, 0.5) is 0 Å². The Morgan fingerprint density at radius 3 is 2.18 bits per heavy atom. The molecular weight excluding hydrogens is 212 g/mol. The quantitative estimate of drug-likeness (QED) is 0.582. The van der Waals surface area contributed by atoms with E-state index in [1.807, 2.05) is 0 Å². The number of aliphatic hydroxyl groups is 1. The second kappa shape index (κ2) is 8.90. The Bertz CT molecular complexity index is 175. The number of hydrogen-bond donors (Lipinski definition) is 2. The van der Waals surface area contributed by atoms with Gasteiger partial charge in [0.2, 0.25) is 0 Å². The molecule has 1 aliphatic rings. The van der Waals surface area contributed by atoms with E-state index < -0.39 is 0 Å². The highest BCUT2D eigenvalue weighted by Gasteiger charge is 2.25. The van der Waals surface area contributed by atoms with Crippen LogP contribution in [0.3, 0.4) is 0 Å². The maximum Gasteiger partial charge on any atom is 0.0597 e. The fraction of sp³-hybridized carbons (Fsp3) is 1.00. The van der Waals surface area contributed by atoms with E-state index in [1.54, 1.807) is 0 Å². The number of nitrogens with zero attached hydrogens (tertiary/aromatic N) is 1. The topological polar surface area (TPSA) is 35.5 Å². The van der Waals surface area contributed by atoms with Gasteiger partial charge in [-0.25, -0.2) is 0 Å². The van der Waals surface area contributed by atoms with Crippen LogP contribution in [0.25, 0.3) is 0 Å². The van der Waals surface area contributed by atoms with Gasteiger partial charge in [0, 0.05) is 18.6 Å². The Hall–Kier alpha value is -0.120. The van der Waals surface area contributed by atoms with Crippen LogP contribution in [0.5, 0.6) is 0 Å². The lowest BCUT2D eigenvalue weighted by Gasteiger charge is -2.27. The van der Waals surface area contributed by atoms with Crippen molar-refractivity contribution in [2.75, 3.05) is 26.2 Å². The highest BCUT2D eigenvalue weighted by atomic mass is 16.3. The first-order valence-corrected chi connectivity index (χ1v) is 7.39. The first kappa shape index (κ1) is 14.9. The lowest BCUT2D eigenvalue weighted by molar-refractivity contribution is 0.177. The SMILES string of the molecule is CCCCN(CCCC)CC(CO)NC1CC1. The molecule has 2 N–H and O–H groups in total. The molecule has 0 amide bonds. The third-order valence-electron chi connectivity index (χ3n) is 3.40. The van der Waals surface area contributed by atoms with Gasteiger partial charge in [-0.2, -0.15) is 0 Å². The van der Waals surface area contributed by atoms with Gasteiger partial charge in [-0.1, -0.05) is 26.7 Å². The van der Waals surface area contributed by atoms with Crippen molar-refractivity contribution < 1.29 is 5.11 Å². The molecule has 0 saturated heterocycles. The van der Waals surface area contributed by atoms with E-state index in [0.717, 1.165) is 6.54 Å². The molecular formula is C14H30N2O. The Balaban J connectivity index is 2.26. The third-order valence-corrected chi connectivity index (χ3v) is 3.40. The molecule has 0 spiro atoms. The molecule has 1 saturated carbocycles. The van der Waals surface area contributed by atoms with Crippen LogP contribution >= 0.6 is 0 Å². The zero-order valence-electron chi connectivity index (χ0n) is 11.6. The van der Waals surface area contributed by atoms with Crippen molar-refractivity contribution in [3.8, 4) is 0 Å². The lowest BCUT2D eigenvalue weighted by Crippen LogP contribution is -2.45. The van der Waals surface area contributed by atoms with E-state index >= 15 is 0 Å². The smallest absolute Gasteiger partial charge is 0.0597 e. The Morgan fingerprint density at radius 1 is 1.18 bits per heavy atom.